The minimum atomic E-state index is -0.205. The zero-order valence-corrected chi connectivity index (χ0v) is 10.6. The lowest BCUT2D eigenvalue weighted by Gasteiger charge is -2.08. The van der Waals surface area contributed by atoms with Gasteiger partial charge in [0.25, 0.3) is 5.91 Å². The topological polar surface area (TPSA) is 54.3 Å². The first kappa shape index (κ1) is 12.5. The average molecular weight is 265 g/mol. The van der Waals surface area contributed by atoms with Crippen molar-refractivity contribution in [3.05, 3.63) is 47.2 Å². The van der Waals surface area contributed by atoms with Crippen molar-refractivity contribution < 1.29 is 9.90 Å². The van der Waals surface area contributed by atoms with Crippen LogP contribution in [0.25, 0.3) is 0 Å². The highest BCUT2D eigenvalue weighted by Gasteiger charge is 2.10. The number of carbonyl (C=O) groups excluding carboxylic acids is 1. The molecule has 0 atom stereocenters. The molecule has 0 fully saturated rings. The first-order valence-electron chi connectivity index (χ1n) is 5.57. The Morgan fingerprint density at radius 3 is 2.89 bits per heavy atom. The number of carbonyl (C=O) groups is 1. The molecule has 5 heteroatoms. The van der Waals surface area contributed by atoms with Crippen LogP contribution in [-0.2, 0) is 6.54 Å². The van der Waals surface area contributed by atoms with Gasteiger partial charge in [0.05, 0.1) is 5.02 Å². The Morgan fingerprint density at radius 1 is 1.44 bits per heavy atom. The van der Waals surface area contributed by atoms with E-state index in [-0.39, 0.29) is 16.7 Å². The van der Waals surface area contributed by atoms with Crippen LogP contribution in [0.1, 0.15) is 17.4 Å². The predicted molar refractivity (Wildman–Crippen MR) is 71.2 cm³/mol. The van der Waals surface area contributed by atoms with E-state index in [9.17, 15) is 9.90 Å². The van der Waals surface area contributed by atoms with Crippen LogP contribution in [0, 0.1) is 0 Å². The first-order valence-corrected chi connectivity index (χ1v) is 5.94. The standard InChI is InChI=1S/C13H13ClN2O2/c1-2-16-7-3-4-11(16)13(18)15-9-5-6-12(17)10(14)8-9/h3-8,17H,2H2,1H3,(H,15,18). The minimum Gasteiger partial charge on any atom is -0.506 e. The lowest BCUT2D eigenvalue weighted by atomic mass is 10.3. The largest absolute Gasteiger partial charge is 0.506 e. The van der Waals surface area contributed by atoms with Crippen molar-refractivity contribution in [1.82, 2.24) is 4.57 Å². The van der Waals surface area contributed by atoms with Gasteiger partial charge in [-0.1, -0.05) is 11.6 Å². The number of benzene rings is 1. The summed E-state index contributed by atoms with van der Waals surface area (Å²) in [7, 11) is 0. The molecule has 2 aromatic rings. The zero-order valence-electron chi connectivity index (χ0n) is 9.85. The van der Waals surface area contributed by atoms with Crippen molar-refractivity contribution in [2.75, 3.05) is 5.32 Å². The van der Waals surface area contributed by atoms with Gasteiger partial charge in [-0.2, -0.15) is 0 Å². The van der Waals surface area contributed by atoms with E-state index in [2.05, 4.69) is 5.32 Å². The van der Waals surface area contributed by atoms with E-state index in [4.69, 9.17) is 11.6 Å². The van der Waals surface area contributed by atoms with Crippen molar-refractivity contribution in [3.8, 4) is 5.75 Å². The van der Waals surface area contributed by atoms with Gasteiger partial charge in [0.2, 0.25) is 0 Å². The fourth-order valence-corrected chi connectivity index (χ4v) is 1.86. The zero-order chi connectivity index (χ0) is 13.1. The second-order valence-electron chi connectivity index (χ2n) is 3.80. The van der Waals surface area contributed by atoms with E-state index < -0.39 is 0 Å². The van der Waals surface area contributed by atoms with Gasteiger partial charge in [0.1, 0.15) is 11.4 Å². The molecule has 0 radical (unpaired) electrons. The van der Waals surface area contributed by atoms with Crippen LogP contribution in [-0.4, -0.2) is 15.6 Å². The molecule has 18 heavy (non-hydrogen) atoms. The van der Waals surface area contributed by atoms with E-state index in [0.29, 0.717) is 11.4 Å². The molecule has 1 aromatic carbocycles. The number of aromatic hydroxyl groups is 1. The van der Waals surface area contributed by atoms with Gasteiger partial charge in [-0.3, -0.25) is 4.79 Å². The van der Waals surface area contributed by atoms with Crippen molar-refractivity contribution in [3.63, 3.8) is 0 Å². The monoisotopic (exact) mass is 264 g/mol. The third-order valence-corrected chi connectivity index (χ3v) is 2.91. The summed E-state index contributed by atoms with van der Waals surface area (Å²) in [5.74, 6) is -0.213. The molecule has 1 amide bonds. The Morgan fingerprint density at radius 2 is 2.22 bits per heavy atom. The summed E-state index contributed by atoms with van der Waals surface area (Å²) in [5, 5.41) is 12.2. The average Bonchev–Trinajstić information content (AvgIpc) is 2.82. The second kappa shape index (κ2) is 5.14. The number of phenolic OH excluding ortho intramolecular Hbond substituents is 1. The molecule has 1 aromatic heterocycles. The number of aromatic nitrogens is 1. The van der Waals surface area contributed by atoms with Gasteiger partial charge in [0, 0.05) is 18.4 Å². The molecular formula is C13H13ClN2O2. The maximum Gasteiger partial charge on any atom is 0.272 e. The number of hydrogen-bond acceptors (Lipinski definition) is 2. The molecule has 0 unspecified atom stereocenters. The Hall–Kier alpha value is -1.94. The number of nitrogens with one attached hydrogen (secondary N) is 1. The van der Waals surface area contributed by atoms with Crippen molar-refractivity contribution in [2.24, 2.45) is 0 Å². The molecular weight excluding hydrogens is 252 g/mol. The minimum absolute atomic E-state index is 0.00778. The number of hydrogen-bond donors (Lipinski definition) is 2. The molecule has 0 saturated heterocycles. The van der Waals surface area contributed by atoms with Crippen LogP contribution < -0.4 is 5.32 Å². The van der Waals surface area contributed by atoms with E-state index in [1.807, 2.05) is 23.8 Å². The maximum absolute atomic E-state index is 12.0. The van der Waals surface area contributed by atoms with E-state index >= 15 is 0 Å². The number of aryl methyl sites for hydroxylation is 1. The SMILES string of the molecule is CCn1cccc1C(=O)Nc1ccc(O)c(Cl)c1. The van der Waals surface area contributed by atoms with Gasteiger partial charge < -0.3 is 15.0 Å². The Bertz CT molecular complexity index is 578. The second-order valence-corrected chi connectivity index (χ2v) is 4.21. The molecule has 0 spiro atoms. The highest BCUT2D eigenvalue weighted by Crippen LogP contribution is 2.26. The third-order valence-electron chi connectivity index (χ3n) is 2.61. The molecule has 0 saturated carbocycles. The fraction of sp³-hybridized carbons (Fsp3) is 0.154. The van der Waals surface area contributed by atoms with Crippen LogP contribution in [0.2, 0.25) is 5.02 Å². The molecule has 0 aliphatic carbocycles. The number of anilines is 1. The fourth-order valence-electron chi connectivity index (χ4n) is 1.68. The number of nitrogens with zero attached hydrogens (tertiary/aromatic N) is 1. The maximum atomic E-state index is 12.0. The summed E-state index contributed by atoms with van der Waals surface area (Å²) in [6.07, 6.45) is 1.85. The van der Waals surface area contributed by atoms with Crippen LogP contribution in [0.15, 0.2) is 36.5 Å². The quantitative estimate of drug-likeness (QED) is 0.837. The van der Waals surface area contributed by atoms with Gasteiger partial charge in [-0.25, -0.2) is 0 Å². The van der Waals surface area contributed by atoms with Crippen molar-refractivity contribution >= 4 is 23.2 Å². The van der Waals surface area contributed by atoms with Crippen LogP contribution >= 0.6 is 11.6 Å². The molecule has 0 aliphatic rings. The van der Waals surface area contributed by atoms with Crippen molar-refractivity contribution in [2.45, 2.75) is 13.5 Å². The summed E-state index contributed by atoms with van der Waals surface area (Å²) in [6, 6.07) is 8.12. The van der Waals surface area contributed by atoms with Crippen molar-refractivity contribution in [1.29, 1.82) is 0 Å². The summed E-state index contributed by atoms with van der Waals surface area (Å²) in [6.45, 7) is 2.69. The van der Waals surface area contributed by atoms with Crippen LogP contribution in [0.4, 0.5) is 5.69 Å². The lowest BCUT2D eigenvalue weighted by molar-refractivity contribution is 0.101. The normalized spacial score (nSPS) is 10.3. The predicted octanol–water partition coefficient (Wildman–Crippen LogP) is 3.12. The highest BCUT2D eigenvalue weighted by molar-refractivity contribution is 6.32. The van der Waals surface area contributed by atoms with Crippen LogP contribution in [0.3, 0.4) is 0 Å². The van der Waals surface area contributed by atoms with E-state index in [1.54, 1.807) is 12.1 Å². The molecule has 94 valence electrons. The number of halogens is 1. The van der Waals surface area contributed by atoms with Gasteiger partial charge in [0.15, 0.2) is 0 Å². The first-order chi connectivity index (χ1) is 8.61. The van der Waals surface area contributed by atoms with Gasteiger partial charge in [-0.05, 0) is 37.3 Å². The van der Waals surface area contributed by atoms with E-state index in [1.165, 1.54) is 12.1 Å². The summed E-state index contributed by atoms with van der Waals surface area (Å²) < 4.78 is 1.84. The molecule has 2 rings (SSSR count). The van der Waals surface area contributed by atoms with Gasteiger partial charge >= 0.3 is 0 Å². The van der Waals surface area contributed by atoms with Crippen LogP contribution in [0.5, 0.6) is 5.75 Å². The molecule has 0 bridgehead atoms. The Kier molecular flexibility index (Phi) is 3.58. The number of phenols is 1. The molecule has 2 N–H and O–H groups in total. The smallest absolute Gasteiger partial charge is 0.272 e. The Balaban J connectivity index is 2.19. The highest BCUT2D eigenvalue weighted by atomic mass is 35.5. The van der Waals surface area contributed by atoms with Gasteiger partial charge in [-0.15, -0.1) is 0 Å². The molecule has 0 aliphatic heterocycles. The third kappa shape index (κ3) is 2.49. The Labute approximate surface area is 110 Å². The summed E-state index contributed by atoms with van der Waals surface area (Å²) in [4.78, 5) is 12.0. The molecule has 1 heterocycles. The van der Waals surface area contributed by atoms with E-state index in [0.717, 1.165) is 6.54 Å². The lowest BCUT2D eigenvalue weighted by Crippen LogP contribution is -2.16. The number of amides is 1. The summed E-state index contributed by atoms with van der Waals surface area (Å²) >= 11 is 5.77. The number of rotatable bonds is 3. The molecule has 4 nitrogen and oxygen atoms in total. The summed E-state index contributed by atoms with van der Waals surface area (Å²) in [5.41, 5.74) is 1.13.